The van der Waals surface area contributed by atoms with E-state index in [4.69, 9.17) is 11.6 Å². The van der Waals surface area contributed by atoms with Gasteiger partial charge in [0.15, 0.2) is 0 Å². The van der Waals surface area contributed by atoms with Crippen LogP contribution in [0.25, 0.3) is 0 Å². The van der Waals surface area contributed by atoms with Crippen molar-refractivity contribution in [1.82, 2.24) is 9.80 Å². The Bertz CT molecular complexity index is 242. The molecule has 0 spiro atoms. The molecule has 1 atom stereocenters. The minimum Gasteiger partial charge on any atom is -0.329 e. The van der Waals surface area contributed by atoms with E-state index in [-0.39, 0.29) is 17.8 Å². The van der Waals surface area contributed by atoms with Gasteiger partial charge in [-0.05, 0) is 56.3 Å². The van der Waals surface area contributed by atoms with Crippen molar-refractivity contribution in [1.29, 1.82) is 0 Å². The predicted molar refractivity (Wildman–Crippen MR) is 68.4 cm³/mol. The Morgan fingerprint density at radius 2 is 1.69 bits per heavy atom. The van der Waals surface area contributed by atoms with Gasteiger partial charge in [0.05, 0.1) is 0 Å². The molecule has 2 aliphatic rings. The number of hydrogen-bond donors (Lipinski definition) is 0. The molecule has 2 heterocycles. The standard InChI is InChI=1S/C11H19ClN2O.ClH/c1-13-5-2-10(8-13)9-3-6-14(7-4-9)11(12)15;/h9-10H,2-8H2,1H3;1H. The summed E-state index contributed by atoms with van der Waals surface area (Å²) in [6, 6.07) is 0. The Morgan fingerprint density at radius 1 is 1.12 bits per heavy atom. The van der Waals surface area contributed by atoms with E-state index in [1.165, 1.54) is 19.5 Å². The van der Waals surface area contributed by atoms with E-state index in [2.05, 4.69) is 11.9 Å². The van der Waals surface area contributed by atoms with Crippen LogP contribution in [0.3, 0.4) is 0 Å². The molecule has 0 aromatic carbocycles. The fourth-order valence-electron chi connectivity index (χ4n) is 2.90. The molecule has 0 aliphatic carbocycles. The number of amides is 1. The Hall–Kier alpha value is 0.01000. The molecule has 1 unspecified atom stereocenters. The lowest BCUT2D eigenvalue weighted by atomic mass is 9.84. The SMILES string of the molecule is CN1CCC(C2CCN(C(=O)Cl)CC2)C1.Cl. The first kappa shape index (κ1) is 14.1. The molecule has 5 heteroatoms. The fourth-order valence-corrected chi connectivity index (χ4v) is 3.07. The number of likely N-dealkylation sites (tertiary alicyclic amines) is 2. The maximum atomic E-state index is 11.0. The van der Waals surface area contributed by atoms with Crippen LogP contribution in [-0.4, -0.2) is 48.4 Å². The first-order valence-corrected chi connectivity index (χ1v) is 6.17. The van der Waals surface area contributed by atoms with E-state index in [1.807, 2.05) is 0 Å². The van der Waals surface area contributed by atoms with Crippen molar-refractivity contribution in [3.05, 3.63) is 0 Å². The number of hydrogen-bond acceptors (Lipinski definition) is 2. The molecule has 0 N–H and O–H groups in total. The van der Waals surface area contributed by atoms with Gasteiger partial charge >= 0.3 is 5.37 Å². The zero-order valence-electron chi connectivity index (χ0n) is 9.69. The third-order valence-electron chi connectivity index (χ3n) is 3.88. The molecule has 0 aromatic heterocycles. The van der Waals surface area contributed by atoms with Crippen LogP contribution < -0.4 is 0 Å². The van der Waals surface area contributed by atoms with Gasteiger partial charge in [0.2, 0.25) is 0 Å². The van der Waals surface area contributed by atoms with Gasteiger partial charge < -0.3 is 9.80 Å². The molecule has 2 rings (SSSR count). The van der Waals surface area contributed by atoms with Crippen molar-refractivity contribution in [3.63, 3.8) is 0 Å². The minimum absolute atomic E-state index is 0. The van der Waals surface area contributed by atoms with Crippen molar-refractivity contribution in [3.8, 4) is 0 Å². The fraction of sp³-hybridized carbons (Fsp3) is 0.909. The van der Waals surface area contributed by atoms with Crippen molar-refractivity contribution in [2.24, 2.45) is 11.8 Å². The molecule has 0 radical (unpaired) electrons. The molecule has 2 aliphatic heterocycles. The maximum absolute atomic E-state index is 11.0. The number of carbonyl (C=O) groups is 1. The molecule has 0 bridgehead atoms. The summed E-state index contributed by atoms with van der Waals surface area (Å²) in [5.41, 5.74) is 0. The van der Waals surface area contributed by atoms with Crippen molar-refractivity contribution in [2.45, 2.75) is 19.3 Å². The summed E-state index contributed by atoms with van der Waals surface area (Å²) < 4.78 is 0. The highest BCUT2D eigenvalue weighted by atomic mass is 35.5. The monoisotopic (exact) mass is 266 g/mol. The first-order valence-electron chi connectivity index (χ1n) is 5.80. The van der Waals surface area contributed by atoms with E-state index >= 15 is 0 Å². The Labute approximate surface area is 109 Å². The molecule has 0 aromatic rings. The summed E-state index contributed by atoms with van der Waals surface area (Å²) in [5, 5.41) is -0.281. The molecule has 16 heavy (non-hydrogen) atoms. The zero-order chi connectivity index (χ0) is 10.8. The van der Waals surface area contributed by atoms with Gasteiger partial charge in [0.25, 0.3) is 0 Å². The van der Waals surface area contributed by atoms with Crippen LogP contribution >= 0.6 is 24.0 Å². The first-order chi connectivity index (χ1) is 7.16. The van der Waals surface area contributed by atoms with E-state index < -0.39 is 0 Å². The van der Waals surface area contributed by atoms with Gasteiger partial charge in [0.1, 0.15) is 0 Å². The Morgan fingerprint density at radius 3 is 2.12 bits per heavy atom. The molecule has 2 saturated heterocycles. The highest BCUT2D eigenvalue weighted by molar-refractivity contribution is 6.62. The van der Waals surface area contributed by atoms with Gasteiger partial charge in [0, 0.05) is 19.6 Å². The average molecular weight is 267 g/mol. The van der Waals surface area contributed by atoms with E-state index in [9.17, 15) is 4.79 Å². The van der Waals surface area contributed by atoms with Crippen molar-refractivity contribution in [2.75, 3.05) is 33.2 Å². The lowest BCUT2D eigenvalue weighted by molar-refractivity contribution is 0.166. The van der Waals surface area contributed by atoms with Crippen LogP contribution in [0.2, 0.25) is 0 Å². The molecular weight excluding hydrogens is 247 g/mol. The summed E-state index contributed by atoms with van der Waals surface area (Å²) in [7, 11) is 2.19. The molecule has 2 fully saturated rings. The Kier molecular flexibility index (Phi) is 5.35. The van der Waals surface area contributed by atoms with Gasteiger partial charge in [-0.25, -0.2) is 0 Å². The quantitative estimate of drug-likeness (QED) is 0.538. The highest BCUT2D eigenvalue weighted by Crippen LogP contribution is 2.31. The van der Waals surface area contributed by atoms with Crippen LogP contribution in [0.1, 0.15) is 19.3 Å². The van der Waals surface area contributed by atoms with Crippen LogP contribution in [0.5, 0.6) is 0 Å². The summed E-state index contributed by atoms with van der Waals surface area (Å²) in [6.07, 6.45) is 3.60. The van der Waals surface area contributed by atoms with Gasteiger partial charge in [-0.2, -0.15) is 0 Å². The summed E-state index contributed by atoms with van der Waals surface area (Å²) in [6.45, 7) is 4.18. The zero-order valence-corrected chi connectivity index (χ0v) is 11.3. The second-order valence-corrected chi connectivity index (χ2v) is 5.21. The minimum atomic E-state index is -0.281. The van der Waals surface area contributed by atoms with Gasteiger partial charge in [-0.15, -0.1) is 12.4 Å². The largest absolute Gasteiger partial charge is 0.329 e. The summed E-state index contributed by atoms with van der Waals surface area (Å²) in [5.74, 6) is 1.66. The molecule has 0 saturated carbocycles. The van der Waals surface area contributed by atoms with Crippen molar-refractivity contribution < 1.29 is 4.79 Å². The van der Waals surface area contributed by atoms with Gasteiger partial charge in [-0.1, -0.05) is 0 Å². The lowest BCUT2D eigenvalue weighted by Gasteiger charge is -2.33. The summed E-state index contributed by atoms with van der Waals surface area (Å²) >= 11 is 5.47. The number of halogens is 2. The molecule has 94 valence electrons. The molecule has 1 amide bonds. The maximum Gasteiger partial charge on any atom is 0.316 e. The Balaban J connectivity index is 0.00000128. The van der Waals surface area contributed by atoms with Crippen LogP contribution in [0.15, 0.2) is 0 Å². The topological polar surface area (TPSA) is 23.6 Å². The highest BCUT2D eigenvalue weighted by Gasteiger charge is 2.31. The molecule has 3 nitrogen and oxygen atoms in total. The number of rotatable bonds is 1. The second kappa shape index (κ2) is 6.08. The third kappa shape index (κ3) is 3.25. The number of carbonyl (C=O) groups excluding carboxylic acids is 1. The average Bonchev–Trinajstić information content (AvgIpc) is 2.65. The molecular formula is C11H20Cl2N2O. The number of nitrogens with zero attached hydrogens (tertiary/aromatic N) is 2. The summed E-state index contributed by atoms with van der Waals surface area (Å²) in [4.78, 5) is 15.1. The van der Waals surface area contributed by atoms with E-state index in [0.29, 0.717) is 0 Å². The lowest BCUT2D eigenvalue weighted by Crippen LogP contribution is -2.37. The number of piperidine rings is 1. The second-order valence-electron chi connectivity index (χ2n) is 4.89. The van der Waals surface area contributed by atoms with Gasteiger partial charge in [-0.3, -0.25) is 4.79 Å². The smallest absolute Gasteiger partial charge is 0.316 e. The third-order valence-corrected chi connectivity index (χ3v) is 4.12. The van der Waals surface area contributed by atoms with Crippen LogP contribution in [0, 0.1) is 11.8 Å². The van der Waals surface area contributed by atoms with E-state index in [0.717, 1.165) is 37.8 Å². The van der Waals surface area contributed by atoms with Crippen LogP contribution in [0.4, 0.5) is 4.79 Å². The van der Waals surface area contributed by atoms with E-state index in [1.54, 1.807) is 4.90 Å². The predicted octanol–water partition coefficient (Wildman–Crippen LogP) is 2.43. The van der Waals surface area contributed by atoms with Crippen molar-refractivity contribution >= 4 is 29.4 Å². The van der Waals surface area contributed by atoms with Crippen LogP contribution in [-0.2, 0) is 0 Å². The normalized spacial score (nSPS) is 27.9.